The number of carbonyl (C=O) groups is 1. The van der Waals surface area contributed by atoms with Gasteiger partial charge >= 0.3 is 0 Å². The van der Waals surface area contributed by atoms with E-state index in [2.05, 4.69) is 31.1 Å². The first-order chi connectivity index (χ1) is 11.7. The molecule has 3 aromatic rings. The van der Waals surface area contributed by atoms with E-state index in [0.29, 0.717) is 24.6 Å². The third-order valence-electron chi connectivity index (χ3n) is 3.37. The number of nitrogens with zero attached hydrogens (tertiary/aromatic N) is 5. The number of anilines is 1. The molecule has 0 spiro atoms. The molecular weight excluding hydrogens is 306 g/mol. The van der Waals surface area contributed by atoms with Gasteiger partial charge in [0.25, 0.3) is 5.91 Å². The summed E-state index contributed by atoms with van der Waals surface area (Å²) < 4.78 is 1.61. The molecule has 0 atom stereocenters. The standard InChI is InChI=1S/C16H17N7O/c1-12-4-6-14(7-5-12)23-16(20-21-22-23)19-10-9-18-15(24)13-3-2-8-17-11-13/h2-8,11H,9-10H2,1H3,(H,18,24)(H,19,20,22). The van der Waals surface area contributed by atoms with Gasteiger partial charge in [-0.2, -0.15) is 4.68 Å². The molecule has 3 rings (SSSR count). The molecular formula is C16H17N7O. The van der Waals surface area contributed by atoms with Gasteiger partial charge in [-0.05, 0) is 41.6 Å². The zero-order chi connectivity index (χ0) is 16.8. The summed E-state index contributed by atoms with van der Waals surface area (Å²) in [4.78, 5) is 15.8. The number of aromatic nitrogens is 5. The van der Waals surface area contributed by atoms with Crippen molar-refractivity contribution in [1.29, 1.82) is 0 Å². The first-order valence-electron chi connectivity index (χ1n) is 7.51. The van der Waals surface area contributed by atoms with Crippen molar-refractivity contribution in [3.63, 3.8) is 0 Å². The van der Waals surface area contributed by atoms with Crippen molar-refractivity contribution in [1.82, 2.24) is 30.5 Å². The molecule has 0 aliphatic rings. The highest BCUT2D eigenvalue weighted by Gasteiger charge is 2.08. The number of tetrazole rings is 1. The maximum atomic E-state index is 11.9. The Kier molecular flexibility index (Phi) is 4.76. The van der Waals surface area contributed by atoms with Crippen LogP contribution in [-0.4, -0.2) is 44.2 Å². The number of aryl methyl sites for hydroxylation is 1. The number of amides is 1. The number of pyridine rings is 1. The molecule has 24 heavy (non-hydrogen) atoms. The van der Waals surface area contributed by atoms with Crippen LogP contribution in [0.2, 0.25) is 0 Å². The fourth-order valence-electron chi connectivity index (χ4n) is 2.11. The van der Waals surface area contributed by atoms with E-state index in [1.165, 1.54) is 11.8 Å². The number of nitrogens with one attached hydrogen (secondary N) is 2. The van der Waals surface area contributed by atoms with Crippen LogP contribution in [0.15, 0.2) is 48.8 Å². The summed E-state index contributed by atoms with van der Waals surface area (Å²) in [6.45, 7) is 2.96. The molecule has 0 aliphatic carbocycles. The second kappa shape index (κ2) is 7.32. The van der Waals surface area contributed by atoms with Crippen LogP contribution in [0.3, 0.4) is 0 Å². The van der Waals surface area contributed by atoms with Gasteiger partial charge in [0.05, 0.1) is 11.3 Å². The Balaban J connectivity index is 1.54. The van der Waals surface area contributed by atoms with Crippen molar-refractivity contribution in [2.45, 2.75) is 6.92 Å². The van der Waals surface area contributed by atoms with Gasteiger partial charge in [0.15, 0.2) is 0 Å². The van der Waals surface area contributed by atoms with E-state index in [-0.39, 0.29) is 5.91 Å². The predicted octanol–water partition coefficient (Wildman–Crippen LogP) is 1.21. The highest BCUT2D eigenvalue weighted by atomic mass is 16.1. The molecule has 2 N–H and O–H groups in total. The van der Waals surface area contributed by atoms with Gasteiger partial charge < -0.3 is 10.6 Å². The third-order valence-corrected chi connectivity index (χ3v) is 3.37. The monoisotopic (exact) mass is 323 g/mol. The Morgan fingerprint density at radius 2 is 2.00 bits per heavy atom. The molecule has 2 heterocycles. The van der Waals surface area contributed by atoms with Crippen molar-refractivity contribution in [2.24, 2.45) is 0 Å². The highest BCUT2D eigenvalue weighted by Crippen LogP contribution is 2.11. The lowest BCUT2D eigenvalue weighted by Crippen LogP contribution is -2.29. The molecule has 0 saturated carbocycles. The Morgan fingerprint density at radius 1 is 1.17 bits per heavy atom. The topological polar surface area (TPSA) is 97.6 Å². The smallest absolute Gasteiger partial charge is 0.252 e. The Bertz CT molecular complexity index is 799. The van der Waals surface area contributed by atoms with Crippen molar-refractivity contribution >= 4 is 11.9 Å². The van der Waals surface area contributed by atoms with Crippen molar-refractivity contribution in [2.75, 3.05) is 18.4 Å². The van der Waals surface area contributed by atoms with Crippen LogP contribution in [0.4, 0.5) is 5.95 Å². The zero-order valence-electron chi connectivity index (χ0n) is 13.2. The van der Waals surface area contributed by atoms with E-state index in [0.717, 1.165) is 5.69 Å². The Labute approximate surface area is 138 Å². The summed E-state index contributed by atoms with van der Waals surface area (Å²) in [5.41, 5.74) is 2.56. The minimum absolute atomic E-state index is 0.164. The zero-order valence-corrected chi connectivity index (χ0v) is 13.2. The van der Waals surface area contributed by atoms with Gasteiger partial charge in [-0.3, -0.25) is 9.78 Å². The van der Waals surface area contributed by atoms with E-state index in [9.17, 15) is 4.79 Å². The van der Waals surface area contributed by atoms with E-state index >= 15 is 0 Å². The first-order valence-corrected chi connectivity index (χ1v) is 7.51. The van der Waals surface area contributed by atoms with Gasteiger partial charge in [-0.25, -0.2) is 0 Å². The van der Waals surface area contributed by atoms with E-state index in [1.54, 1.807) is 23.0 Å². The minimum atomic E-state index is -0.164. The van der Waals surface area contributed by atoms with E-state index in [4.69, 9.17) is 0 Å². The van der Waals surface area contributed by atoms with Gasteiger partial charge in [0.2, 0.25) is 5.95 Å². The van der Waals surface area contributed by atoms with Crippen molar-refractivity contribution in [3.8, 4) is 5.69 Å². The van der Waals surface area contributed by atoms with Gasteiger partial charge in [0.1, 0.15) is 0 Å². The van der Waals surface area contributed by atoms with Crippen molar-refractivity contribution in [3.05, 3.63) is 59.9 Å². The average molecular weight is 323 g/mol. The molecule has 122 valence electrons. The fraction of sp³-hybridized carbons (Fsp3) is 0.188. The second-order valence-corrected chi connectivity index (χ2v) is 5.17. The lowest BCUT2D eigenvalue weighted by Gasteiger charge is -2.08. The molecule has 0 unspecified atom stereocenters. The summed E-state index contributed by atoms with van der Waals surface area (Å²) in [6, 6.07) is 11.3. The SMILES string of the molecule is Cc1ccc(-n2nnnc2NCCNC(=O)c2cccnc2)cc1. The Morgan fingerprint density at radius 3 is 2.75 bits per heavy atom. The molecule has 1 aromatic carbocycles. The maximum absolute atomic E-state index is 11.9. The van der Waals surface area contributed by atoms with Crippen LogP contribution in [0, 0.1) is 6.92 Å². The molecule has 0 aliphatic heterocycles. The lowest BCUT2D eigenvalue weighted by molar-refractivity contribution is 0.0955. The summed E-state index contributed by atoms with van der Waals surface area (Å²) in [6.07, 6.45) is 3.16. The highest BCUT2D eigenvalue weighted by molar-refractivity contribution is 5.93. The number of hydrogen-bond acceptors (Lipinski definition) is 6. The molecule has 0 radical (unpaired) electrons. The average Bonchev–Trinajstić information content (AvgIpc) is 3.08. The first kappa shape index (κ1) is 15.6. The van der Waals surface area contributed by atoms with Gasteiger partial charge in [0, 0.05) is 25.5 Å². The normalized spacial score (nSPS) is 10.4. The summed E-state index contributed by atoms with van der Waals surface area (Å²) in [7, 11) is 0. The van der Waals surface area contributed by atoms with Crippen LogP contribution in [-0.2, 0) is 0 Å². The van der Waals surface area contributed by atoms with Gasteiger partial charge in [-0.15, -0.1) is 0 Å². The molecule has 8 nitrogen and oxygen atoms in total. The summed E-state index contributed by atoms with van der Waals surface area (Å²) in [5.74, 6) is 0.359. The quantitative estimate of drug-likeness (QED) is 0.662. The van der Waals surface area contributed by atoms with Crippen LogP contribution in [0.1, 0.15) is 15.9 Å². The molecule has 8 heteroatoms. The minimum Gasteiger partial charge on any atom is -0.351 e. The largest absolute Gasteiger partial charge is 0.351 e. The summed E-state index contributed by atoms with van der Waals surface area (Å²) in [5, 5.41) is 17.5. The number of benzene rings is 1. The second-order valence-electron chi connectivity index (χ2n) is 5.17. The number of carbonyl (C=O) groups excluding carboxylic acids is 1. The third kappa shape index (κ3) is 3.72. The molecule has 0 fully saturated rings. The molecule has 0 saturated heterocycles. The molecule has 0 bridgehead atoms. The summed E-state index contributed by atoms with van der Waals surface area (Å²) >= 11 is 0. The molecule has 2 aromatic heterocycles. The maximum Gasteiger partial charge on any atom is 0.252 e. The van der Waals surface area contributed by atoms with E-state index < -0.39 is 0 Å². The lowest BCUT2D eigenvalue weighted by atomic mass is 10.2. The number of rotatable bonds is 6. The molecule has 1 amide bonds. The van der Waals surface area contributed by atoms with E-state index in [1.807, 2.05) is 31.2 Å². The fourth-order valence-corrected chi connectivity index (χ4v) is 2.11. The Hall–Kier alpha value is -3.29. The predicted molar refractivity (Wildman–Crippen MR) is 89.0 cm³/mol. The van der Waals surface area contributed by atoms with Crippen LogP contribution < -0.4 is 10.6 Å². The van der Waals surface area contributed by atoms with Crippen molar-refractivity contribution < 1.29 is 4.79 Å². The number of hydrogen-bond donors (Lipinski definition) is 2. The van der Waals surface area contributed by atoms with Crippen LogP contribution in [0.25, 0.3) is 5.69 Å². The van der Waals surface area contributed by atoms with Crippen LogP contribution in [0.5, 0.6) is 0 Å². The van der Waals surface area contributed by atoms with Crippen LogP contribution >= 0.6 is 0 Å². The van der Waals surface area contributed by atoms with Gasteiger partial charge in [-0.1, -0.05) is 22.8 Å².